The number of rotatable bonds is 6. The average molecular weight is 412 g/mol. The van der Waals surface area contributed by atoms with Crippen molar-refractivity contribution in [1.82, 2.24) is 14.7 Å². The molecule has 6 heteroatoms. The first kappa shape index (κ1) is 21.8. The standard InChI is InChI=1S/C24H30FN3O2/c1-5-18(19-6-9-24(30-4)23(25)15-19)14-21-7-8-22(16-28(21)17-29)27-12-10-20(11-13-27)26(2)3/h5-9,14-17,20H,10-13H2,1-4H3/b18-5+,21-14-. The first-order valence-corrected chi connectivity index (χ1v) is 10.2. The van der Waals surface area contributed by atoms with Gasteiger partial charge in [0.1, 0.15) is 0 Å². The molecule has 0 radical (unpaired) electrons. The third kappa shape index (κ3) is 4.82. The molecule has 5 nitrogen and oxygen atoms in total. The summed E-state index contributed by atoms with van der Waals surface area (Å²) in [5, 5.41) is 0. The van der Waals surface area contributed by atoms with E-state index < -0.39 is 5.82 Å². The van der Waals surface area contributed by atoms with E-state index in [0.717, 1.165) is 54.9 Å². The zero-order valence-electron chi connectivity index (χ0n) is 18.1. The second-order valence-corrected chi connectivity index (χ2v) is 7.74. The number of methoxy groups -OCH3 is 1. The van der Waals surface area contributed by atoms with Gasteiger partial charge < -0.3 is 14.5 Å². The van der Waals surface area contributed by atoms with Crippen LogP contribution in [0.4, 0.5) is 4.39 Å². The molecule has 1 aromatic carbocycles. The van der Waals surface area contributed by atoms with Crippen LogP contribution in [0.5, 0.6) is 5.75 Å². The Labute approximate surface area is 178 Å². The predicted molar refractivity (Wildman–Crippen MR) is 118 cm³/mol. The highest BCUT2D eigenvalue weighted by atomic mass is 19.1. The van der Waals surface area contributed by atoms with Crippen LogP contribution in [0.15, 0.2) is 60.1 Å². The first-order valence-electron chi connectivity index (χ1n) is 10.2. The first-order chi connectivity index (χ1) is 14.5. The molecule has 1 aromatic rings. The maximum atomic E-state index is 14.1. The summed E-state index contributed by atoms with van der Waals surface area (Å²) in [5.41, 5.74) is 3.32. The Hall–Kier alpha value is -2.86. The van der Waals surface area contributed by atoms with Gasteiger partial charge in [0.15, 0.2) is 11.6 Å². The minimum absolute atomic E-state index is 0.208. The molecule has 0 bridgehead atoms. The number of amides is 1. The molecule has 0 aromatic heterocycles. The van der Waals surface area contributed by atoms with Gasteiger partial charge in [0, 0.05) is 31.0 Å². The molecular weight excluding hydrogens is 381 g/mol. The van der Waals surface area contributed by atoms with E-state index in [4.69, 9.17) is 4.74 Å². The summed E-state index contributed by atoms with van der Waals surface area (Å²) in [6.07, 6.45) is 12.7. The molecule has 1 fully saturated rings. The number of carbonyl (C=O) groups excluding carboxylic acids is 1. The van der Waals surface area contributed by atoms with Crippen molar-refractivity contribution in [1.29, 1.82) is 0 Å². The van der Waals surface area contributed by atoms with Gasteiger partial charge in [0.25, 0.3) is 0 Å². The van der Waals surface area contributed by atoms with Crippen LogP contribution < -0.4 is 4.74 Å². The Morgan fingerprint density at radius 1 is 1.23 bits per heavy atom. The van der Waals surface area contributed by atoms with Crippen LogP contribution in [0.25, 0.3) is 5.57 Å². The summed E-state index contributed by atoms with van der Waals surface area (Å²) in [7, 11) is 5.69. The van der Waals surface area contributed by atoms with E-state index in [9.17, 15) is 9.18 Å². The van der Waals surface area contributed by atoms with E-state index in [1.165, 1.54) is 13.2 Å². The molecule has 0 atom stereocenters. The number of benzene rings is 1. The molecule has 2 aliphatic rings. The van der Waals surface area contributed by atoms with Gasteiger partial charge in [-0.2, -0.15) is 0 Å². The lowest BCUT2D eigenvalue weighted by molar-refractivity contribution is -0.114. The number of halogens is 1. The highest BCUT2D eigenvalue weighted by Gasteiger charge is 2.23. The number of allylic oxidation sites excluding steroid dienone is 5. The van der Waals surface area contributed by atoms with Gasteiger partial charge in [-0.05, 0) is 75.4 Å². The second kappa shape index (κ2) is 9.76. The lowest BCUT2D eigenvalue weighted by Gasteiger charge is -2.38. The fourth-order valence-electron chi connectivity index (χ4n) is 3.90. The van der Waals surface area contributed by atoms with Gasteiger partial charge in [-0.25, -0.2) is 4.39 Å². The van der Waals surface area contributed by atoms with Crippen LogP contribution in [-0.4, -0.2) is 61.4 Å². The fourth-order valence-corrected chi connectivity index (χ4v) is 3.90. The molecule has 2 aliphatic heterocycles. The van der Waals surface area contributed by atoms with E-state index in [1.54, 1.807) is 11.0 Å². The fraction of sp³-hybridized carbons (Fsp3) is 0.375. The SMILES string of the molecule is C/C=C(\C=C1\C=CC(N2CCC(N(C)C)CC2)=CN1C=O)c1ccc(OC)c(F)c1. The molecule has 1 amide bonds. The smallest absolute Gasteiger partial charge is 0.218 e. The van der Waals surface area contributed by atoms with Crippen molar-refractivity contribution in [2.75, 3.05) is 34.3 Å². The predicted octanol–water partition coefficient (Wildman–Crippen LogP) is 4.02. The summed E-state index contributed by atoms with van der Waals surface area (Å²) in [4.78, 5) is 17.9. The van der Waals surface area contributed by atoms with E-state index in [-0.39, 0.29) is 5.75 Å². The molecule has 0 saturated carbocycles. The molecular formula is C24H30FN3O2. The molecule has 0 N–H and O–H groups in total. The van der Waals surface area contributed by atoms with Gasteiger partial charge in [-0.3, -0.25) is 9.69 Å². The molecule has 1 saturated heterocycles. The van der Waals surface area contributed by atoms with Crippen molar-refractivity contribution in [2.45, 2.75) is 25.8 Å². The van der Waals surface area contributed by atoms with Crippen LogP contribution in [-0.2, 0) is 4.79 Å². The molecule has 30 heavy (non-hydrogen) atoms. The third-order valence-electron chi connectivity index (χ3n) is 5.77. The zero-order valence-corrected chi connectivity index (χ0v) is 18.1. The molecule has 0 spiro atoms. The van der Waals surface area contributed by atoms with Crippen molar-refractivity contribution in [2.24, 2.45) is 0 Å². The molecule has 0 unspecified atom stereocenters. The van der Waals surface area contributed by atoms with Gasteiger partial charge in [0.2, 0.25) is 6.41 Å². The zero-order chi connectivity index (χ0) is 21.7. The monoisotopic (exact) mass is 411 g/mol. The summed E-state index contributed by atoms with van der Waals surface area (Å²) in [5.74, 6) is -0.206. The highest BCUT2D eigenvalue weighted by Crippen LogP contribution is 2.27. The molecule has 2 heterocycles. The van der Waals surface area contributed by atoms with Gasteiger partial charge in [-0.15, -0.1) is 0 Å². The highest BCUT2D eigenvalue weighted by molar-refractivity contribution is 5.76. The Morgan fingerprint density at radius 2 is 1.97 bits per heavy atom. The van der Waals surface area contributed by atoms with Gasteiger partial charge >= 0.3 is 0 Å². The third-order valence-corrected chi connectivity index (χ3v) is 5.77. The van der Waals surface area contributed by atoms with Gasteiger partial charge in [0.05, 0.1) is 12.8 Å². The quantitative estimate of drug-likeness (QED) is 0.663. The molecule has 0 aliphatic carbocycles. The number of likely N-dealkylation sites (tertiary alicyclic amines) is 1. The maximum Gasteiger partial charge on any atom is 0.218 e. The van der Waals surface area contributed by atoms with Crippen LogP contribution in [0.1, 0.15) is 25.3 Å². The Balaban J connectivity index is 1.77. The summed E-state index contributed by atoms with van der Waals surface area (Å²) in [6, 6.07) is 5.46. The minimum Gasteiger partial charge on any atom is -0.494 e. The van der Waals surface area contributed by atoms with Crippen LogP contribution in [0.3, 0.4) is 0 Å². The van der Waals surface area contributed by atoms with Crippen molar-refractivity contribution in [3.8, 4) is 5.75 Å². The Morgan fingerprint density at radius 3 is 2.53 bits per heavy atom. The molecule has 3 rings (SSSR count). The molecule has 160 valence electrons. The van der Waals surface area contributed by atoms with Gasteiger partial charge in [-0.1, -0.05) is 12.1 Å². The number of piperidine rings is 1. The topological polar surface area (TPSA) is 36.0 Å². The maximum absolute atomic E-state index is 14.1. The number of ether oxygens (including phenoxy) is 1. The average Bonchev–Trinajstić information content (AvgIpc) is 2.77. The minimum atomic E-state index is -0.414. The summed E-state index contributed by atoms with van der Waals surface area (Å²) < 4.78 is 19.1. The second-order valence-electron chi connectivity index (χ2n) is 7.74. The number of hydrogen-bond donors (Lipinski definition) is 0. The largest absolute Gasteiger partial charge is 0.494 e. The number of carbonyl (C=O) groups is 1. The van der Waals surface area contributed by atoms with Crippen LogP contribution in [0, 0.1) is 5.82 Å². The summed E-state index contributed by atoms with van der Waals surface area (Å²) in [6.45, 7) is 3.83. The van der Waals surface area contributed by atoms with Crippen molar-refractivity contribution >= 4 is 12.0 Å². The van der Waals surface area contributed by atoms with E-state index in [0.29, 0.717) is 6.04 Å². The lowest BCUT2D eigenvalue weighted by Crippen LogP contribution is -2.41. The van der Waals surface area contributed by atoms with E-state index in [1.807, 2.05) is 43.5 Å². The lowest BCUT2D eigenvalue weighted by atomic mass is 10.0. The Bertz CT molecular complexity index is 894. The normalized spacial score (nSPS) is 19.5. The van der Waals surface area contributed by atoms with E-state index in [2.05, 4.69) is 23.9 Å². The van der Waals surface area contributed by atoms with Crippen molar-refractivity contribution in [3.63, 3.8) is 0 Å². The summed E-state index contributed by atoms with van der Waals surface area (Å²) >= 11 is 0. The van der Waals surface area contributed by atoms with E-state index >= 15 is 0 Å². The number of nitrogens with zero attached hydrogens (tertiary/aromatic N) is 3. The number of hydrogen-bond acceptors (Lipinski definition) is 4. The van der Waals surface area contributed by atoms with Crippen LogP contribution in [0.2, 0.25) is 0 Å². The van der Waals surface area contributed by atoms with Crippen LogP contribution >= 0.6 is 0 Å². The van der Waals surface area contributed by atoms with Crippen molar-refractivity contribution < 1.29 is 13.9 Å². The van der Waals surface area contributed by atoms with Crippen molar-refractivity contribution in [3.05, 3.63) is 71.5 Å². The Kier molecular flexibility index (Phi) is 7.11.